The molecule has 0 saturated heterocycles. The molecule has 94 valence electrons. The Morgan fingerprint density at radius 3 is 2.82 bits per heavy atom. The van der Waals surface area contributed by atoms with Crippen LogP contribution in [0.1, 0.15) is 6.92 Å². The average molecular weight is 257 g/mol. The van der Waals surface area contributed by atoms with E-state index in [9.17, 15) is 10.1 Å². The normalized spacial score (nSPS) is 12.2. The molecule has 7 nitrogen and oxygen atoms in total. The fourth-order valence-electron chi connectivity index (χ4n) is 1.38. The SMILES string of the molecule is CSCC(C)N(C)c1ncnc(N)c1[N+](=O)[O-]. The number of hydrogen-bond donors (Lipinski definition) is 1. The van der Waals surface area contributed by atoms with Crippen molar-refractivity contribution in [3.8, 4) is 0 Å². The first-order valence-corrected chi connectivity index (χ1v) is 6.35. The number of anilines is 2. The average Bonchev–Trinajstić information content (AvgIpc) is 2.27. The highest BCUT2D eigenvalue weighted by Gasteiger charge is 2.25. The lowest BCUT2D eigenvalue weighted by Gasteiger charge is -2.24. The molecule has 17 heavy (non-hydrogen) atoms. The van der Waals surface area contributed by atoms with Crippen LogP contribution in [0.15, 0.2) is 6.33 Å². The number of nitrogens with two attached hydrogens (primary N) is 1. The molecule has 8 heteroatoms. The van der Waals surface area contributed by atoms with Gasteiger partial charge >= 0.3 is 5.69 Å². The molecular formula is C9H15N5O2S. The summed E-state index contributed by atoms with van der Waals surface area (Å²) < 4.78 is 0. The molecule has 1 aromatic heterocycles. The fraction of sp³-hybridized carbons (Fsp3) is 0.556. The molecule has 0 aliphatic carbocycles. The van der Waals surface area contributed by atoms with Crippen LogP contribution in [0.2, 0.25) is 0 Å². The maximum atomic E-state index is 10.9. The van der Waals surface area contributed by atoms with Gasteiger partial charge in [0.05, 0.1) is 4.92 Å². The summed E-state index contributed by atoms with van der Waals surface area (Å²) in [7, 11) is 1.76. The number of rotatable bonds is 5. The number of hydrogen-bond acceptors (Lipinski definition) is 7. The first-order chi connectivity index (χ1) is 7.99. The monoisotopic (exact) mass is 257 g/mol. The van der Waals surface area contributed by atoms with Crippen LogP contribution in [0, 0.1) is 10.1 Å². The number of nitrogens with zero attached hydrogens (tertiary/aromatic N) is 4. The van der Waals surface area contributed by atoms with Crippen molar-refractivity contribution >= 4 is 29.1 Å². The van der Waals surface area contributed by atoms with E-state index in [0.717, 1.165) is 5.75 Å². The van der Waals surface area contributed by atoms with Crippen molar-refractivity contribution in [2.24, 2.45) is 0 Å². The maximum Gasteiger partial charge on any atom is 0.353 e. The molecular weight excluding hydrogens is 242 g/mol. The van der Waals surface area contributed by atoms with Crippen molar-refractivity contribution in [3.63, 3.8) is 0 Å². The second-order valence-corrected chi connectivity index (χ2v) is 4.51. The molecule has 0 aromatic carbocycles. The molecule has 0 amide bonds. The van der Waals surface area contributed by atoms with Crippen LogP contribution in [-0.2, 0) is 0 Å². The van der Waals surface area contributed by atoms with Crippen LogP contribution < -0.4 is 10.6 Å². The Morgan fingerprint density at radius 1 is 1.65 bits per heavy atom. The zero-order valence-corrected chi connectivity index (χ0v) is 10.8. The Bertz CT molecular complexity index is 414. The van der Waals surface area contributed by atoms with Gasteiger partial charge in [-0.3, -0.25) is 10.1 Å². The summed E-state index contributed by atoms with van der Waals surface area (Å²) in [5.41, 5.74) is 5.28. The Balaban J connectivity index is 3.13. The van der Waals surface area contributed by atoms with Gasteiger partial charge in [0.25, 0.3) is 0 Å². The van der Waals surface area contributed by atoms with Crippen LogP contribution in [0.4, 0.5) is 17.3 Å². The Hall–Kier alpha value is -1.57. The summed E-state index contributed by atoms with van der Waals surface area (Å²) >= 11 is 1.67. The molecule has 1 heterocycles. The molecule has 2 N–H and O–H groups in total. The maximum absolute atomic E-state index is 10.9. The minimum absolute atomic E-state index is 0.108. The lowest BCUT2D eigenvalue weighted by molar-refractivity contribution is -0.383. The second-order valence-electron chi connectivity index (χ2n) is 3.60. The smallest absolute Gasteiger partial charge is 0.353 e. The molecule has 0 fully saturated rings. The molecule has 1 unspecified atom stereocenters. The van der Waals surface area contributed by atoms with Crippen molar-refractivity contribution in [3.05, 3.63) is 16.4 Å². The highest BCUT2D eigenvalue weighted by molar-refractivity contribution is 7.98. The van der Waals surface area contributed by atoms with Crippen molar-refractivity contribution < 1.29 is 4.92 Å². The third-order valence-electron chi connectivity index (χ3n) is 2.42. The van der Waals surface area contributed by atoms with Crippen LogP contribution in [0.3, 0.4) is 0 Å². The van der Waals surface area contributed by atoms with E-state index in [1.54, 1.807) is 23.7 Å². The minimum Gasteiger partial charge on any atom is -0.378 e. The van der Waals surface area contributed by atoms with Crippen molar-refractivity contribution in [1.82, 2.24) is 9.97 Å². The van der Waals surface area contributed by atoms with Crippen molar-refractivity contribution in [2.45, 2.75) is 13.0 Å². The summed E-state index contributed by atoms with van der Waals surface area (Å²) in [6, 6.07) is 0.123. The van der Waals surface area contributed by atoms with Gasteiger partial charge in [0, 0.05) is 18.8 Å². The van der Waals surface area contributed by atoms with Gasteiger partial charge in [-0.25, -0.2) is 9.97 Å². The third kappa shape index (κ3) is 2.96. The molecule has 1 aromatic rings. The van der Waals surface area contributed by atoms with E-state index in [2.05, 4.69) is 9.97 Å². The van der Waals surface area contributed by atoms with E-state index in [4.69, 9.17) is 5.73 Å². The van der Waals surface area contributed by atoms with E-state index in [1.165, 1.54) is 6.33 Å². The van der Waals surface area contributed by atoms with Crippen molar-refractivity contribution in [1.29, 1.82) is 0 Å². The van der Waals surface area contributed by atoms with Gasteiger partial charge < -0.3 is 10.6 Å². The van der Waals surface area contributed by atoms with Gasteiger partial charge in [-0.05, 0) is 13.2 Å². The zero-order valence-electron chi connectivity index (χ0n) is 9.95. The summed E-state index contributed by atoms with van der Waals surface area (Å²) in [5.74, 6) is 0.990. The summed E-state index contributed by atoms with van der Waals surface area (Å²) in [6.45, 7) is 1.97. The zero-order chi connectivity index (χ0) is 13.0. The lowest BCUT2D eigenvalue weighted by Crippen LogP contribution is -2.32. The van der Waals surface area contributed by atoms with Gasteiger partial charge in [0.2, 0.25) is 11.6 Å². The van der Waals surface area contributed by atoms with Gasteiger partial charge in [-0.2, -0.15) is 11.8 Å². The Kier molecular flexibility index (Phi) is 4.50. The molecule has 1 atom stereocenters. The number of nitro groups is 1. The lowest BCUT2D eigenvalue weighted by atomic mass is 10.3. The van der Waals surface area contributed by atoms with E-state index in [0.29, 0.717) is 0 Å². The molecule has 0 spiro atoms. The third-order valence-corrected chi connectivity index (χ3v) is 3.23. The van der Waals surface area contributed by atoms with Gasteiger partial charge in [0.1, 0.15) is 6.33 Å². The van der Waals surface area contributed by atoms with Gasteiger partial charge in [0.15, 0.2) is 0 Å². The van der Waals surface area contributed by atoms with E-state index in [1.807, 2.05) is 13.2 Å². The van der Waals surface area contributed by atoms with Gasteiger partial charge in [-0.1, -0.05) is 0 Å². The topological polar surface area (TPSA) is 98.2 Å². The van der Waals surface area contributed by atoms with E-state index < -0.39 is 4.92 Å². The van der Waals surface area contributed by atoms with Crippen LogP contribution in [0.25, 0.3) is 0 Å². The van der Waals surface area contributed by atoms with Crippen LogP contribution in [0.5, 0.6) is 0 Å². The van der Waals surface area contributed by atoms with Crippen LogP contribution in [-0.4, -0.2) is 40.0 Å². The highest BCUT2D eigenvalue weighted by Crippen LogP contribution is 2.30. The molecule has 0 bridgehead atoms. The highest BCUT2D eigenvalue weighted by atomic mass is 32.2. The number of nitrogen functional groups attached to an aromatic ring is 1. The standard InChI is InChI=1S/C9H15N5O2S/c1-6(4-17-3)13(2)9-7(14(15)16)8(10)11-5-12-9/h5-6H,4H2,1-3H3,(H2,10,11,12). The van der Waals surface area contributed by atoms with Crippen LogP contribution >= 0.6 is 11.8 Å². The predicted octanol–water partition coefficient (Wildman–Crippen LogP) is 1.15. The molecule has 0 aliphatic rings. The first kappa shape index (κ1) is 13.5. The predicted molar refractivity (Wildman–Crippen MR) is 69.3 cm³/mol. The molecule has 1 rings (SSSR count). The number of aromatic nitrogens is 2. The summed E-state index contributed by atoms with van der Waals surface area (Å²) in [6.07, 6.45) is 3.22. The van der Waals surface area contributed by atoms with E-state index in [-0.39, 0.29) is 23.4 Å². The Morgan fingerprint density at radius 2 is 2.29 bits per heavy atom. The molecule has 0 radical (unpaired) electrons. The first-order valence-electron chi connectivity index (χ1n) is 4.95. The molecule has 0 saturated carbocycles. The van der Waals surface area contributed by atoms with E-state index >= 15 is 0 Å². The fourth-order valence-corrected chi connectivity index (χ4v) is 2.08. The largest absolute Gasteiger partial charge is 0.378 e. The summed E-state index contributed by atoms with van der Waals surface area (Å²) in [4.78, 5) is 19.7. The summed E-state index contributed by atoms with van der Waals surface area (Å²) in [5, 5.41) is 10.9. The Labute approximate surface area is 104 Å². The minimum atomic E-state index is -0.549. The number of thioether (sulfide) groups is 1. The quantitative estimate of drug-likeness (QED) is 0.624. The second kappa shape index (κ2) is 5.67. The van der Waals surface area contributed by atoms with Gasteiger partial charge in [-0.15, -0.1) is 0 Å². The molecule has 0 aliphatic heterocycles. The van der Waals surface area contributed by atoms with Crippen molar-refractivity contribution in [2.75, 3.05) is 29.7 Å².